The van der Waals surface area contributed by atoms with Crippen LogP contribution in [0.25, 0.3) is 0 Å². The maximum absolute atomic E-state index is 13.4. The van der Waals surface area contributed by atoms with Crippen LogP contribution in [0.15, 0.2) is 41.4 Å². The first-order valence-corrected chi connectivity index (χ1v) is 10.9. The minimum absolute atomic E-state index is 0.0999. The van der Waals surface area contributed by atoms with E-state index in [1.54, 1.807) is 31.2 Å². The van der Waals surface area contributed by atoms with Crippen LogP contribution in [0.1, 0.15) is 47.7 Å². The van der Waals surface area contributed by atoms with Gasteiger partial charge in [0.15, 0.2) is 0 Å². The number of aryl methyl sites for hydroxylation is 2. The summed E-state index contributed by atoms with van der Waals surface area (Å²) in [7, 11) is 0. The van der Waals surface area contributed by atoms with Crippen molar-refractivity contribution in [2.75, 3.05) is 23.4 Å². The minimum Gasteiger partial charge on any atom is -0.462 e. The molecule has 0 radical (unpaired) electrons. The first-order valence-electron chi connectivity index (χ1n) is 10.9. The first kappa shape index (κ1) is 21.7. The van der Waals surface area contributed by atoms with Gasteiger partial charge in [-0.15, -0.1) is 0 Å². The Morgan fingerprint density at radius 3 is 2.72 bits per heavy atom. The van der Waals surface area contributed by atoms with E-state index in [4.69, 9.17) is 9.73 Å². The Morgan fingerprint density at radius 1 is 1.19 bits per heavy atom. The van der Waals surface area contributed by atoms with Crippen LogP contribution in [0.2, 0.25) is 0 Å². The largest absolute Gasteiger partial charge is 0.462 e. The zero-order valence-corrected chi connectivity index (χ0v) is 18.6. The third-order valence-electron chi connectivity index (χ3n) is 6.04. The molecular formula is C25H27N3O4. The third-order valence-corrected chi connectivity index (χ3v) is 6.04. The third kappa shape index (κ3) is 4.15. The van der Waals surface area contributed by atoms with Gasteiger partial charge in [0.05, 0.1) is 35.2 Å². The van der Waals surface area contributed by atoms with Crippen LogP contribution in [0, 0.1) is 19.8 Å². The van der Waals surface area contributed by atoms with Gasteiger partial charge >= 0.3 is 5.97 Å². The van der Waals surface area contributed by atoms with Crippen molar-refractivity contribution in [3.63, 3.8) is 0 Å². The molecule has 0 saturated heterocycles. The van der Waals surface area contributed by atoms with Crippen molar-refractivity contribution >= 4 is 40.6 Å². The van der Waals surface area contributed by atoms with Crippen LogP contribution in [-0.4, -0.2) is 36.6 Å². The molecular weight excluding hydrogens is 406 g/mol. The number of ether oxygens (including phenoxy) is 1. The molecule has 1 saturated carbocycles. The fourth-order valence-corrected chi connectivity index (χ4v) is 4.26. The second-order valence-electron chi connectivity index (χ2n) is 8.21. The number of aliphatic imine (C=N–C) groups is 1. The molecule has 32 heavy (non-hydrogen) atoms. The Balaban J connectivity index is 1.63. The Kier molecular flexibility index (Phi) is 6.08. The van der Waals surface area contributed by atoms with E-state index >= 15 is 0 Å². The summed E-state index contributed by atoms with van der Waals surface area (Å²) < 4.78 is 5.08. The van der Waals surface area contributed by atoms with Crippen LogP contribution in [0.5, 0.6) is 0 Å². The molecule has 2 aromatic carbocycles. The molecule has 0 spiro atoms. The van der Waals surface area contributed by atoms with E-state index in [1.807, 2.05) is 26.0 Å². The molecule has 1 N–H and O–H groups in total. The zero-order chi connectivity index (χ0) is 22.8. The lowest BCUT2D eigenvalue weighted by Gasteiger charge is -2.25. The molecule has 0 aromatic heterocycles. The van der Waals surface area contributed by atoms with E-state index in [0.29, 0.717) is 11.4 Å². The number of fused-ring (bicyclic) bond motifs is 2. The summed E-state index contributed by atoms with van der Waals surface area (Å²) >= 11 is 0. The number of rotatable bonds is 5. The molecule has 1 atom stereocenters. The number of benzene rings is 2. The van der Waals surface area contributed by atoms with E-state index in [0.717, 1.165) is 41.8 Å². The highest BCUT2D eigenvalue weighted by molar-refractivity contribution is 6.17. The number of anilines is 2. The van der Waals surface area contributed by atoms with Crippen LogP contribution < -0.4 is 10.2 Å². The summed E-state index contributed by atoms with van der Waals surface area (Å²) in [4.78, 5) is 45.0. The molecule has 1 aliphatic carbocycles. The quantitative estimate of drug-likeness (QED) is 0.711. The number of hydrogen-bond acceptors (Lipinski definition) is 5. The SMILES string of the molecule is CCOC(=O)c1ccccc1NC(=O)CN1C(=O)[C@H]2CCCC2=Nc2cc(C)c(C)cc21. The Bertz CT molecular complexity index is 1120. The van der Waals surface area contributed by atoms with Crippen LogP contribution in [0.3, 0.4) is 0 Å². The molecule has 2 aromatic rings. The summed E-state index contributed by atoms with van der Waals surface area (Å²) in [6.45, 7) is 5.79. The topological polar surface area (TPSA) is 88.1 Å². The fourth-order valence-electron chi connectivity index (χ4n) is 4.26. The Labute approximate surface area is 187 Å². The van der Waals surface area contributed by atoms with Crippen LogP contribution >= 0.6 is 0 Å². The normalized spacial score (nSPS) is 17.2. The molecule has 1 heterocycles. The monoisotopic (exact) mass is 433 g/mol. The van der Waals surface area contributed by atoms with Gasteiger partial charge in [0.2, 0.25) is 11.8 Å². The standard InChI is InChI=1S/C25H27N3O4/c1-4-32-25(31)18-8-5-6-10-20(18)27-23(29)14-28-22-13-16(3)15(2)12-21(22)26-19-11-7-9-17(19)24(28)30/h5-6,8,10,12-13,17H,4,7,9,11,14H2,1-3H3,(H,27,29)/t17-/m0/s1. The van der Waals surface area contributed by atoms with Crippen molar-refractivity contribution in [1.82, 2.24) is 0 Å². The smallest absolute Gasteiger partial charge is 0.340 e. The molecule has 7 nitrogen and oxygen atoms in total. The highest BCUT2D eigenvalue weighted by Gasteiger charge is 2.37. The van der Waals surface area contributed by atoms with Gasteiger partial charge in [-0.3, -0.25) is 14.6 Å². The maximum atomic E-state index is 13.4. The molecule has 1 aliphatic heterocycles. The average molecular weight is 434 g/mol. The molecule has 2 aliphatic rings. The Hall–Kier alpha value is -3.48. The summed E-state index contributed by atoms with van der Waals surface area (Å²) in [5.74, 6) is -1.28. The molecule has 1 fully saturated rings. The van der Waals surface area contributed by atoms with E-state index in [2.05, 4.69) is 5.32 Å². The van der Waals surface area contributed by atoms with Gasteiger partial charge in [0, 0.05) is 5.71 Å². The average Bonchev–Trinajstić information content (AvgIpc) is 3.19. The number of esters is 1. The van der Waals surface area contributed by atoms with Gasteiger partial charge in [0.25, 0.3) is 0 Å². The van der Waals surface area contributed by atoms with E-state index in [1.165, 1.54) is 4.90 Å². The summed E-state index contributed by atoms with van der Waals surface area (Å²) in [6, 6.07) is 10.6. The predicted molar refractivity (Wildman–Crippen MR) is 124 cm³/mol. The maximum Gasteiger partial charge on any atom is 0.340 e. The molecule has 166 valence electrons. The van der Waals surface area contributed by atoms with Gasteiger partial charge in [-0.25, -0.2) is 4.79 Å². The number of nitrogens with one attached hydrogen (secondary N) is 1. The summed E-state index contributed by atoms with van der Waals surface area (Å²) in [5.41, 5.74) is 5.02. The van der Waals surface area contributed by atoms with Gasteiger partial charge in [-0.2, -0.15) is 0 Å². The summed E-state index contributed by atoms with van der Waals surface area (Å²) in [6.07, 6.45) is 2.46. The zero-order valence-electron chi connectivity index (χ0n) is 18.6. The number of amides is 2. The van der Waals surface area contributed by atoms with Crippen molar-refractivity contribution < 1.29 is 19.1 Å². The van der Waals surface area contributed by atoms with Crippen LogP contribution in [0.4, 0.5) is 17.1 Å². The van der Waals surface area contributed by atoms with Crippen molar-refractivity contribution in [2.24, 2.45) is 10.9 Å². The van der Waals surface area contributed by atoms with Crippen molar-refractivity contribution in [1.29, 1.82) is 0 Å². The lowest BCUT2D eigenvalue weighted by atomic mass is 10.0. The minimum atomic E-state index is -0.505. The predicted octanol–water partition coefficient (Wildman–Crippen LogP) is 4.34. The molecule has 0 unspecified atom stereocenters. The number of carbonyl (C=O) groups excluding carboxylic acids is 3. The van der Waals surface area contributed by atoms with Crippen molar-refractivity contribution in [2.45, 2.75) is 40.0 Å². The highest BCUT2D eigenvalue weighted by atomic mass is 16.5. The molecule has 7 heteroatoms. The van der Waals surface area contributed by atoms with Crippen molar-refractivity contribution in [3.05, 3.63) is 53.1 Å². The van der Waals surface area contributed by atoms with E-state index in [9.17, 15) is 14.4 Å². The number of carbonyl (C=O) groups is 3. The van der Waals surface area contributed by atoms with Gasteiger partial charge in [-0.1, -0.05) is 12.1 Å². The van der Waals surface area contributed by atoms with Gasteiger partial charge in [-0.05, 0) is 75.4 Å². The van der Waals surface area contributed by atoms with Crippen LogP contribution in [-0.2, 0) is 14.3 Å². The van der Waals surface area contributed by atoms with Gasteiger partial charge < -0.3 is 15.0 Å². The van der Waals surface area contributed by atoms with E-state index < -0.39 is 5.97 Å². The van der Waals surface area contributed by atoms with Gasteiger partial charge in [0.1, 0.15) is 6.54 Å². The second kappa shape index (κ2) is 8.94. The highest BCUT2D eigenvalue weighted by Crippen LogP contribution is 2.39. The van der Waals surface area contributed by atoms with E-state index in [-0.39, 0.29) is 36.4 Å². The second-order valence-corrected chi connectivity index (χ2v) is 8.21. The number of nitrogens with zero attached hydrogens (tertiary/aromatic N) is 2. The lowest BCUT2D eigenvalue weighted by molar-refractivity contribution is -0.123. The number of para-hydroxylation sites is 1. The molecule has 4 rings (SSSR count). The first-order chi connectivity index (χ1) is 15.4. The molecule has 0 bridgehead atoms. The lowest BCUT2D eigenvalue weighted by Crippen LogP contribution is -2.42. The summed E-state index contributed by atoms with van der Waals surface area (Å²) in [5, 5.41) is 2.78. The fraction of sp³-hybridized carbons (Fsp3) is 0.360. The van der Waals surface area contributed by atoms with Crippen molar-refractivity contribution in [3.8, 4) is 0 Å². The number of hydrogen-bond donors (Lipinski definition) is 1. The molecule has 2 amide bonds. The Morgan fingerprint density at radius 2 is 1.94 bits per heavy atom.